The Labute approximate surface area is 84.2 Å². The van der Waals surface area contributed by atoms with E-state index in [9.17, 15) is 0 Å². The summed E-state index contributed by atoms with van der Waals surface area (Å²) in [6, 6.07) is 8.18. The molecule has 1 nitrogen and oxygen atoms in total. The van der Waals surface area contributed by atoms with Crippen molar-refractivity contribution in [2.45, 2.75) is 6.42 Å². The molecule has 0 spiro atoms. The van der Waals surface area contributed by atoms with Gasteiger partial charge >= 0.3 is 71.8 Å². The molecule has 3 heteroatoms. The summed E-state index contributed by atoms with van der Waals surface area (Å²) >= 11 is 3.18. The molecule has 2 N–H and O–H groups in total. The van der Waals surface area contributed by atoms with Crippen molar-refractivity contribution in [1.82, 2.24) is 0 Å². The summed E-state index contributed by atoms with van der Waals surface area (Å²) in [5.41, 5.74) is 6.71. The molecule has 0 heterocycles. The molecule has 65 valence electrons. The van der Waals surface area contributed by atoms with E-state index in [1.54, 1.807) is 0 Å². The monoisotopic (exact) mass is 262 g/mol. The molecule has 0 atom stereocenters. The maximum atomic E-state index is 5.41. The van der Waals surface area contributed by atoms with Crippen LogP contribution in [0.3, 0.4) is 0 Å². The van der Waals surface area contributed by atoms with E-state index in [2.05, 4.69) is 25.3 Å². The summed E-state index contributed by atoms with van der Waals surface area (Å²) in [6.45, 7) is 0.717. The van der Waals surface area contributed by atoms with Crippen molar-refractivity contribution in [1.29, 1.82) is 0 Å². The molecule has 1 rings (SSSR count). The molecule has 0 radical (unpaired) electrons. The van der Waals surface area contributed by atoms with Crippen LogP contribution >= 0.6 is 12.4 Å². The van der Waals surface area contributed by atoms with Crippen LogP contribution in [0.25, 0.3) is 0 Å². The number of rotatable bonds is 2. The maximum absolute atomic E-state index is 5.41. The molecule has 1 aromatic carbocycles. The summed E-state index contributed by atoms with van der Waals surface area (Å²) in [5.74, 6) is 0. The zero-order valence-electron chi connectivity index (χ0n) is 6.03. The molecule has 0 unspecified atom stereocenters. The van der Waals surface area contributed by atoms with Crippen LogP contribution in [0.15, 0.2) is 24.3 Å². The number of nitrogens with two attached hydrogens (primary N) is 1. The third-order valence-electron chi connectivity index (χ3n) is 1.34. The van der Waals surface area contributed by atoms with Crippen LogP contribution in [-0.4, -0.2) is 6.54 Å². The fourth-order valence-corrected chi connectivity index (χ4v) is 1.31. The van der Waals surface area contributed by atoms with Crippen molar-refractivity contribution in [3.63, 3.8) is 0 Å². The van der Waals surface area contributed by atoms with E-state index >= 15 is 0 Å². The van der Waals surface area contributed by atoms with E-state index < -0.39 is 0 Å². The van der Waals surface area contributed by atoms with E-state index in [1.165, 1.54) is 9.60 Å². The minimum atomic E-state index is 0. The molecule has 0 amide bonds. The van der Waals surface area contributed by atoms with Crippen LogP contribution in [0.1, 0.15) is 5.56 Å². The van der Waals surface area contributed by atoms with Crippen LogP contribution in [0.4, 0.5) is 0 Å². The third-order valence-corrected chi connectivity index (χ3v) is 2.10. The van der Waals surface area contributed by atoms with Crippen LogP contribution < -0.4 is 9.77 Å². The van der Waals surface area contributed by atoms with Crippen molar-refractivity contribution in [3.8, 4) is 0 Å². The SMILES string of the molecule is Cl.NCCc1cccc[c]1[Pd]. The fourth-order valence-electron chi connectivity index (χ4n) is 0.838. The quantitative estimate of drug-likeness (QED) is 0.784. The van der Waals surface area contributed by atoms with Crippen LogP contribution in [-0.2, 0) is 25.6 Å². The van der Waals surface area contributed by atoms with Crippen LogP contribution in [0.2, 0.25) is 0 Å². The first-order chi connectivity index (χ1) is 4.84. The standard InChI is InChI=1S/C8H10N.ClH.Pd/c9-7-6-8-4-2-1-3-5-8;;/h1-4H,6-7,9H2;1H;. The second kappa shape index (κ2) is 5.74. The molecular weight excluding hydrogens is 252 g/mol. The van der Waals surface area contributed by atoms with E-state index in [4.69, 9.17) is 5.73 Å². The molecule has 0 saturated carbocycles. The Morgan fingerprint density at radius 2 is 1.91 bits per heavy atom. The Kier molecular flexibility index (Phi) is 5.81. The van der Waals surface area contributed by atoms with Crippen molar-refractivity contribution >= 4 is 16.4 Å². The summed E-state index contributed by atoms with van der Waals surface area (Å²) in [5, 5.41) is 0. The van der Waals surface area contributed by atoms with Gasteiger partial charge in [0, 0.05) is 0 Å². The molecule has 0 fully saturated rings. The Morgan fingerprint density at radius 1 is 1.27 bits per heavy atom. The van der Waals surface area contributed by atoms with Crippen LogP contribution in [0, 0.1) is 0 Å². The Balaban J connectivity index is 0.000001000. The number of halogens is 1. The number of hydrogen-bond donors (Lipinski definition) is 1. The second-order valence-corrected chi connectivity index (χ2v) is 2.93. The predicted octanol–water partition coefficient (Wildman–Crippen LogP) is 0.782. The van der Waals surface area contributed by atoms with E-state index in [-0.39, 0.29) is 12.4 Å². The van der Waals surface area contributed by atoms with E-state index in [0.29, 0.717) is 6.54 Å². The van der Waals surface area contributed by atoms with Gasteiger partial charge in [0.2, 0.25) is 0 Å². The molecule has 0 aliphatic carbocycles. The van der Waals surface area contributed by atoms with Gasteiger partial charge in [-0.3, -0.25) is 0 Å². The van der Waals surface area contributed by atoms with Gasteiger partial charge in [-0.15, -0.1) is 12.4 Å². The third kappa shape index (κ3) is 3.36. The van der Waals surface area contributed by atoms with Crippen molar-refractivity contribution < 1.29 is 19.2 Å². The topological polar surface area (TPSA) is 26.0 Å². The fraction of sp³-hybridized carbons (Fsp3) is 0.250. The van der Waals surface area contributed by atoms with Gasteiger partial charge in [-0.25, -0.2) is 0 Å². The zero-order valence-corrected chi connectivity index (χ0v) is 8.40. The molecule has 0 aliphatic rings. The summed E-state index contributed by atoms with van der Waals surface area (Å²) in [7, 11) is 0. The van der Waals surface area contributed by atoms with Crippen molar-refractivity contribution in [3.05, 3.63) is 29.8 Å². The molecule has 0 bridgehead atoms. The first-order valence-corrected chi connectivity index (χ1v) is 4.02. The van der Waals surface area contributed by atoms with Crippen molar-refractivity contribution in [2.75, 3.05) is 6.54 Å². The predicted molar refractivity (Wildman–Crippen MR) is 46.1 cm³/mol. The van der Waals surface area contributed by atoms with Gasteiger partial charge in [-0.05, 0) is 0 Å². The number of benzene rings is 1. The van der Waals surface area contributed by atoms with Gasteiger partial charge in [-0.1, -0.05) is 0 Å². The second-order valence-electron chi connectivity index (χ2n) is 2.10. The number of hydrogen-bond acceptors (Lipinski definition) is 1. The molecule has 0 aliphatic heterocycles. The summed E-state index contributed by atoms with van der Waals surface area (Å²) < 4.78 is 1.19. The van der Waals surface area contributed by atoms with E-state index in [0.717, 1.165) is 6.42 Å². The van der Waals surface area contributed by atoms with Gasteiger partial charge in [-0.2, -0.15) is 0 Å². The van der Waals surface area contributed by atoms with Crippen LogP contribution in [0.5, 0.6) is 0 Å². The molecule has 11 heavy (non-hydrogen) atoms. The molecule has 0 aromatic heterocycles. The first kappa shape index (κ1) is 11.1. The molecule has 1 aromatic rings. The molecular formula is C8H11ClNPd. The van der Waals surface area contributed by atoms with Gasteiger partial charge in [0.1, 0.15) is 0 Å². The van der Waals surface area contributed by atoms with Gasteiger partial charge in [0.25, 0.3) is 0 Å². The van der Waals surface area contributed by atoms with Gasteiger partial charge in [0.15, 0.2) is 0 Å². The average molecular weight is 263 g/mol. The summed E-state index contributed by atoms with van der Waals surface area (Å²) in [6.07, 6.45) is 0.955. The Bertz CT molecular complexity index is 215. The van der Waals surface area contributed by atoms with E-state index in [1.807, 2.05) is 18.2 Å². The molecule has 0 saturated heterocycles. The normalized spacial score (nSPS) is 9.00. The zero-order chi connectivity index (χ0) is 7.40. The van der Waals surface area contributed by atoms with Crippen molar-refractivity contribution in [2.24, 2.45) is 5.73 Å². The summed E-state index contributed by atoms with van der Waals surface area (Å²) in [4.78, 5) is 0. The van der Waals surface area contributed by atoms with Gasteiger partial charge < -0.3 is 0 Å². The van der Waals surface area contributed by atoms with Gasteiger partial charge in [0.05, 0.1) is 0 Å². The average Bonchev–Trinajstić information content (AvgIpc) is 1.94. The minimum absolute atomic E-state index is 0. The Morgan fingerprint density at radius 3 is 2.45 bits per heavy atom. The Hall–Kier alpha value is 0.132. The first-order valence-electron chi connectivity index (χ1n) is 3.25.